The third-order valence-electron chi connectivity index (χ3n) is 3.24. The number of H-pyrrole nitrogens is 1. The number of fused-ring (bicyclic) bond motifs is 1. The van der Waals surface area contributed by atoms with Crippen molar-refractivity contribution < 1.29 is 4.79 Å². The highest BCUT2D eigenvalue weighted by atomic mass is 79.9. The molecule has 3 nitrogen and oxygen atoms in total. The summed E-state index contributed by atoms with van der Waals surface area (Å²) in [4.78, 5) is 15.7. The molecule has 102 valence electrons. The predicted molar refractivity (Wildman–Crippen MR) is 85.6 cm³/mol. The highest BCUT2D eigenvalue weighted by molar-refractivity contribution is 9.10. The number of benzene rings is 2. The number of carbonyl (C=O) groups is 1. The van der Waals surface area contributed by atoms with Crippen molar-refractivity contribution in [2.45, 2.75) is 0 Å². The third-order valence-corrected chi connectivity index (χ3v) is 4.45. The van der Waals surface area contributed by atoms with Crippen LogP contribution >= 0.6 is 27.5 Å². The van der Waals surface area contributed by atoms with Crippen LogP contribution in [-0.2, 0) is 0 Å². The minimum atomic E-state index is -0.117. The van der Waals surface area contributed by atoms with Gasteiger partial charge in [-0.1, -0.05) is 11.6 Å². The van der Waals surface area contributed by atoms with Crippen molar-refractivity contribution in [2.24, 2.45) is 0 Å². The summed E-state index contributed by atoms with van der Waals surface area (Å²) in [6.45, 7) is 0. The molecule has 1 heterocycles. The predicted octanol–water partition coefficient (Wildman–Crippen LogP) is 4.69. The Balaban J connectivity index is 2.13. The molecule has 0 saturated heterocycles. The Morgan fingerprint density at radius 1 is 1.24 bits per heavy atom. The van der Waals surface area contributed by atoms with Crippen molar-refractivity contribution in [3.63, 3.8) is 0 Å². The van der Waals surface area contributed by atoms with Crippen LogP contribution in [0.15, 0.2) is 47.1 Å². The lowest BCUT2D eigenvalue weighted by atomic mass is 10.0. The number of hydrogen-bond acceptors (Lipinski definition) is 2. The number of halogens is 2. The average molecular weight is 360 g/mol. The second-order valence-corrected chi connectivity index (χ2v) is 5.79. The summed E-state index contributed by atoms with van der Waals surface area (Å²) in [5, 5.41) is 10.3. The van der Waals surface area contributed by atoms with Gasteiger partial charge in [-0.15, -0.1) is 0 Å². The number of nitrogens with zero attached hydrogens (tertiary/aromatic N) is 1. The Labute approximate surface area is 134 Å². The zero-order valence-electron chi connectivity index (χ0n) is 10.7. The minimum Gasteiger partial charge on any atom is -0.360 e. The first kappa shape index (κ1) is 13.9. The molecular formula is C16H8BrClN2O. The molecule has 0 spiro atoms. The van der Waals surface area contributed by atoms with Crippen LogP contribution in [0.5, 0.6) is 0 Å². The van der Waals surface area contributed by atoms with Gasteiger partial charge in [0.15, 0.2) is 5.78 Å². The van der Waals surface area contributed by atoms with E-state index in [-0.39, 0.29) is 5.78 Å². The number of carbonyl (C=O) groups excluding carboxylic acids is 1. The number of nitrogens with one attached hydrogen (secondary N) is 1. The summed E-state index contributed by atoms with van der Waals surface area (Å²) in [6.07, 6.45) is 1.66. The molecule has 0 bridgehead atoms. The highest BCUT2D eigenvalue weighted by Crippen LogP contribution is 2.27. The van der Waals surface area contributed by atoms with Crippen LogP contribution in [0, 0.1) is 11.3 Å². The number of nitriles is 1. The van der Waals surface area contributed by atoms with Crippen LogP contribution in [0.4, 0.5) is 0 Å². The van der Waals surface area contributed by atoms with Gasteiger partial charge in [-0.05, 0) is 52.3 Å². The van der Waals surface area contributed by atoms with Crippen LogP contribution in [0.3, 0.4) is 0 Å². The van der Waals surface area contributed by atoms with Gasteiger partial charge in [0.25, 0.3) is 0 Å². The maximum atomic E-state index is 12.6. The standard InChI is InChI=1S/C16H8BrClN2O/c17-13-6-10(2-3-14(13)18)16(21)12-8-20-15-4-1-9(7-19)5-11(12)15/h1-6,8,20H. The topological polar surface area (TPSA) is 56.6 Å². The molecule has 5 heteroatoms. The molecule has 0 fully saturated rings. The molecule has 0 aliphatic heterocycles. The monoisotopic (exact) mass is 358 g/mol. The van der Waals surface area contributed by atoms with Crippen LogP contribution < -0.4 is 0 Å². The fourth-order valence-electron chi connectivity index (χ4n) is 2.17. The Morgan fingerprint density at radius 3 is 2.76 bits per heavy atom. The second kappa shape index (κ2) is 5.36. The lowest BCUT2D eigenvalue weighted by Crippen LogP contribution is -2.00. The van der Waals surface area contributed by atoms with Crippen molar-refractivity contribution in [2.75, 3.05) is 0 Å². The lowest BCUT2D eigenvalue weighted by Gasteiger charge is -2.02. The molecule has 0 aliphatic rings. The van der Waals surface area contributed by atoms with Crippen molar-refractivity contribution in [3.05, 3.63) is 68.8 Å². The molecule has 0 saturated carbocycles. The number of hydrogen-bond donors (Lipinski definition) is 1. The summed E-state index contributed by atoms with van der Waals surface area (Å²) in [5.41, 5.74) is 2.42. The summed E-state index contributed by atoms with van der Waals surface area (Å²) >= 11 is 9.26. The van der Waals surface area contributed by atoms with Crippen molar-refractivity contribution in [1.29, 1.82) is 5.26 Å². The van der Waals surface area contributed by atoms with E-state index in [0.717, 1.165) is 10.9 Å². The van der Waals surface area contributed by atoms with E-state index in [0.29, 0.717) is 26.2 Å². The van der Waals surface area contributed by atoms with Crippen molar-refractivity contribution >= 4 is 44.2 Å². The molecule has 21 heavy (non-hydrogen) atoms. The van der Waals surface area contributed by atoms with E-state index in [1.54, 1.807) is 42.6 Å². The van der Waals surface area contributed by atoms with Gasteiger partial charge in [0.05, 0.1) is 16.7 Å². The Morgan fingerprint density at radius 2 is 2.05 bits per heavy atom. The number of ketones is 1. The highest BCUT2D eigenvalue weighted by Gasteiger charge is 2.15. The molecule has 3 rings (SSSR count). The van der Waals surface area contributed by atoms with Gasteiger partial charge in [0.2, 0.25) is 0 Å². The van der Waals surface area contributed by atoms with E-state index in [1.807, 2.05) is 0 Å². The molecule has 0 unspecified atom stereocenters. The van der Waals surface area contributed by atoms with E-state index in [2.05, 4.69) is 27.0 Å². The largest absolute Gasteiger partial charge is 0.360 e. The third kappa shape index (κ3) is 2.46. The fraction of sp³-hybridized carbons (Fsp3) is 0. The maximum absolute atomic E-state index is 12.6. The van der Waals surface area contributed by atoms with Gasteiger partial charge < -0.3 is 4.98 Å². The second-order valence-electron chi connectivity index (χ2n) is 4.53. The average Bonchev–Trinajstić information content (AvgIpc) is 2.92. The molecule has 1 aromatic heterocycles. The van der Waals surface area contributed by atoms with E-state index < -0.39 is 0 Å². The Bertz CT molecular complexity index is 908. The van der Waals surface area contributed by atoms with Crippen molar-refractivity contribution in [3.8, 4) is 6.07 Å². The molecule has 0 amide bonds. The Kier molecular flexibility index (Phi) is 3.54. The molecule has 3 aromatic rings. The molecular weight excluding hydrogens is 352 g/mol. The quantitative estimate of drug-likeness (QED) is 0.675. The first-order valence-corrected chi connectivity index (χ1v) is 7.28. The SMILES string of the molecule is N#Cc1ccc2[nH]cc(C(=O)c3ccc(Cl)c(Br)c3)c2c1. The molecule has 0 radical (unpaired) electrons. The molecule has 1 N–H and O–H groups in total. The molecule has 0 aliphatic carbocycles. The van der Waals surface area contributed by atoms with Crippen LogP contribution in [-0.4, -0.2) is 10.8 Å². The Hall–Kier alpha value is -2.09. The van der Waals surface area contributed by atoms with Gasteiger partial charge in [0, 0.05) is 32.7 Å². The lowest BCUT2D eigenvalue weighted by molar-refractivity contribution is 0.104. The fourth-order valence-corrected chi connectivity index (χ4v) is 2.67. The van der Waals surface area contributed by atoms with Gasteiger partial charge in [-0.3, -0.25) is 4.79 Å². The summed E-state index contributed by atoms with van der Waals surface area (Å²) in [6, 6.07) is 12.4. The number of aromatic amines is 1. The van der Waals surface area contributed by atoms with Gasteiger partial charge >= 0.3 is 0 Å². The molecule has 2 aromatic carbocycles. The van der Waals surface area contributed by atoms with E-state index in [9.17, 15) is 4.79 Å². The smallest absolute Gasteiger partial charge is 0.195 e. The van der Waals surface area contributed by atoms with Crippen LogP contribution in [0.2, 0.25) is 5.02 Å². The van der Waals surface area contributed by atoms with Gasteiger partial charge in [-0.2, -0.15) is 5.26 Å². The molecule has 0 atom stereocenters. The maximum Gasteiger partial charge on any atom is 0.195 e. The van der Waals surface area contributed by atoms with Crippen LogP contribution in [0.1, 0.15) is 21.5 Å². The number of aromatic nitrogens is 1. The normalized spacial score (nSPS) is 10.5. The van der Waals surface area contributed by atoms with E-state index >= 15 is 0 Å². The zero-order valence-corrected chi connectivity index (χ0v) is 13.0. The van der Waals surface area contributed by atoms with Gasteiger partial charge in [0.1, 0.15) is 0 Å². The number of rotatable bonds is 2. The summed E-state index contributed by atoms with van der Waals surface area (Å²) < 4.78 is 0.674. The minimum absolute atomic E-state index is 0.117. The summed E-state index contributed by atoms with van der Waals surface area (Å²) in [5.74, 6) is -0.117. The summed E-state index contributed by atoms with van der Waals surface area (Å²) in [7, 11) is 0. The first-order valence-electron chi connectivity index (χ1n) is 6.11. The first-order chi connectivity index (χ1) is 10.1. The zero-order chi connectivity index (χ0) is 15.0. The van der Waals surface area contributed by atoms with Gasteiger partial charge in [-0.25, -0.2) is 0 Å². The van der Waals surface area contributed by atoms with Crippen LogP contribution in [0.25, 0.3) is 10.9 Å². The van der Waals surface area contributed by atoms with Crippen molar-refractivity contribution in [1.82, 2.24) is 4.98 Å². The van der Waals surface area contributed by atoms with E-state index in [4.69, 9.17) is 16.9 Å². The van der Waals surface area contributed by atoms with E-state index in [1.165, 1.54) is 0 Å².